The number of carbonyl (C=O) groups is 1. The van der Waals surface area contributed by atoms with Crippen molar-refractivity contribution in [1.82, 2.24) is 14.9 Å². The van der Waals surface area contributed by atoms with Crippen LogP contribution >= 0.6 is 0 Å². The van der Waals surface area contributed by atoms with Crippen molar-refractivity contribution in [2.45, 2.75) is 19.3 Å². The van der Waals surface area contributed by atoms with E-state index in [2.05, 4.69) is 44.0 Å². The lowest BCUT2D eigenvalue weighted by Crippen LogP contribution is -2.46. The first-order chi connectivity index (χ1) is 12.8. The van der Waals surface area contributed by atoms with Crippen molar-refractivity contribution >= 4 is 17.4 Å². The Balaban J connectivity index is 1.36. The van der Waals surface area contributed by atoms with Gasteiger partial charge in [0, 0.05) is 45.0 Å². The standard InChI is InChI=1S/C20H25N5O/c26-20(25-9-5-2-6-10-25)18-15-22-19(16-21-18)24-13-11-23(12-14-24)17-7-3-1-4-8-17/h1,3-4,7-8,15-16H,2,5-6,9-14H2. The zero-order valence-corrected chi connectivity index (χ0v) is 15.0. The Morgan fingerprint density at radius 2 is 1.46 bits per heavy atom. The minimum atomic E-state index is 0.0117. The zero-order chi connectivity index (χ0) is 17.8. The molecule has 2 aliphatic heterocycles. The van der Waals surface area contributed by atoms with E-state index in [1.54, 1.807) is 12.4 Å². The molecule has 1 aromatic heterocycles. The first kappa shape index (κ1) is 16.8. The largest absolute Gasteiger partial charge is 0.368 e. The van der Waals surface area contributed by atoms with Crippen LogP contribution < -0.4 is 9.80 Å². The number of benzene rings is 1. The molecule has 26 heavy (non-hydrogen) atoms. The van der Waals surface area contributed by atoms with Crippen LogP contribution in [0.15, 0.2) is 42.7 Å². The Hall–Kier alpha value is -2.63. The number of piperazine rings is 1. The highest BCUT2D eigenvalue weighted by molar-refractivity contribution is 5.92. The van der Waals surface area contributed by atoms with E-state index in [0.29, 0.717) is 5.69 Å². The average Bonchev–Trinajstić information content (AvgIpc) is 2.75. The predicted octanol–water partition coefficient (Wildman–Crippen LogP) is 2.43. The molecule has 136 valence electrons. The van der Waals surface area contributed by atoms with Crippen LogP contribution in [0.2, 0.25) is 0 Å². The third kappa shape index (κ3) is 3.64. The van der Waals surface area contributed by atoms with Gasteiger partial charge in [-0.15, -0.1) is 0 Å². The number of anilines is 2. The summed E-state index contributed by atoms with van der Waals surface area (Å²) >= 11 is 0. The van der Waals surface area contributed by atoms with Crippen LogP contribution in [-0.4, -0.2) is 60.0 Å². The third-order valence-corrected chi connectivity index (χ3v) is 5.23. The smallest absolute Gasteiger partial charge is 0.274 e. The Bertz CT molecular complexity index is 720. The molecule has 6 nitrogen and oxygen atoms in total. The summed E-state index contributed by atoms with van der Waals surface area (Å²) in [5, 5.41) is 0. The van der Waals surface area contributed by atoms with Crippen molar-refractivity contribution in [2.24, 2.45) is 0 Å². The highest BCUT2D eigenvalue weighted by Crippen LogP contribution is 2.19. The maximum absolute atomic E-state index is 12.5. The second-order valence-corrected chi connectivity index (χ2v) is 6.92. The Kier molecular flexibility index (Phi) is 5.00. The van der Waals surface area contributed by atoms with Gasteiger partial charge in [-0.05, 0) is 31.4 Å². The maximum atomic E-state index is 12.5. The number of aromatic nitrogens is 2. The SMILES string of the molecule is O=C(c1cnc(N2CCN(c3ccccc3)CC2)cn1)N1CCCCC1. The molecule has 6 heteroatoms. The summed E-state index contributed by atoms with van der Waals surface area (Å²) in [6.07, 6.45) is 6.76. The van der Waals surface area contributed by atoms with Crippen LogP contribution in [0.1, 0.15) is 29.8 Å². The molecule has 2 aromatic rings. The highest BCUT2D eigenvalue weighted by atomic mass is 16.2. The van der Waals surface area contributed by atoms with E-state index in [-0.39, 0.29) is 5.91 Å². The lowest BCUT2D eigenvalue weighted by Gasteiger charge is -2.36. The summed E-state index contributed by atoms with van der Waals surface area (Å²) in [4.78, 5) is 27.9. The summed E-state index contributed by atoms with van der Waals surface area (Å²) in [6, 6.07) is 10.5. The number of para-hydroxylation sites is 1. The third-order valence-electron chi connectivity index (χ3n) is 5.23. The molecule has 0 N–H and O–H groups in total. The molecular formula is C20H25N5O. The first-order valence-electron chi connectivity index (χ1n) is 9.47. The van der Waals surface area contributed by atoms with E-state index in [1.165, 1.54) is 12.1 Å². The monoisotopic (exact) mass is 351 g/mol. The molecule has 0 unspecified atom stereocenters. The molecule has 0 atom stereocenters. The molecule has 2 aliphatic rings. The summed E-state index contributed by atoms with van der Waals surface area (Å²) in [6.45, 7) is 5.40. The van der Waals surface area contributed by atoms with E-state index >= 15 is 0 Å². The minimum Gasteiger partial charge on any atom is -0.368 e. The van der Waals surface area contributed by atoms with Gasteiger partial charge in [-0.2, -0.15) is 0 Å². The normalized spacial score (nSPS) is 18.1. The van der Waals surface area contributed by atoms with Crippen molar-refractivity contribution in [2.75, 3.05) is 49.1 Å². The number of hydrogen-bond donors (Lipinski definition) is 0. The molecule has 0 radical (unpaired) electrons. The van der Waals surface area contributed by atoms with Crippen LogP contribution in [-0.2, 0) is 0 Å². The molecule has 0 bridgehead atoms. The number of nitrogens with zero attached hydrogens (tertiary/aromatic N) is 5. The second kappa shape index (κ2) is 7.72. The number of hydrogen-bond acceptors (Lipinski definition) is 5. The lowest BCUT2D eigenvalue weighted by molar-refractivity contribution is 0.0718. The minimum absolute atomic E-state index is 0.0117. The van der Waals surface area contributed by atoms with Crippen molar-refractivity contribution in [1.29, 1.82) is 0 Å². The van der Waals surface area contributed by atoms with Gasteiger partial charge >= 0.3 is 0 Å². The van der Waals surface area contributed by atoms with E-state index in [1.807, 2.05) is 11.0 Å². The van der Waals surface area contributed by atoms with Crippen LogP contribution in [0.5, 0.6) is 0 Å². The molecule has 3 heterocycles. The van der Waals surface area contributed by atoms with Gasteiger partial charge in [-0.25, -0.2) is 9.97 Å². The van der Waals surface area contributed by atoms with E-state index in [0.717, 1.165) is 57.9 Å². The fourth-order valence-electron chi connectivity index (χ4n) is 3.69. The Labute approximate surface area is 154 Å². The predicted molar refractivity (Wildman–Crippen MR) is 103 cm³/mol. The zero-order valence-electron chi connectivity index (χ0n) is 15.0. The highest BCUT2D eigenvalue weighted by Gasteiger charge is 2.21. The van der Waals surface area contributed by atoms with Crippen LogP contribution in [0.4, 0.5) is 11.5 Å². The van der Waals surface area contributed by atoms with Crippen molar-refractivity contribution in [3.63, 3.8) is 0 Å². The molecule has 2 fully saturated rings. The molecule has 4 rings (SSSR count). The van der Waals surface area contributed by atoms with Gasteiger partial charge in [0.15, 0.2) is 0 Å². The Morgan fingerprint density at radius 3 is 2.12 bits per heavy atom. The van der Waals surface area contributed by atoms with Crippen LogP contribution in [0.3, 0.4) is 0 Å². The second-order valence-electron chi connectivity index (χ2n) is 6.92. The fourth-order valence-corrected chi connectivity index (χ4v) is 3.69. The fraction of sp³-hybridized carbons (Fsp3) is 0.450. The van der Waals surface area contributed by atoms with Crippen LogP contribution in [0.25, 0.3) is 0 Å². The number of rotatable bonds is 3. The van der Waals surface area contributed by atoms with Crippen molar-refractivity contribution < 1.29 is 4.79 Å². The van der Waals surface area contributed by atoms with Gasteiger partial charge in [-0.1, -0.05) is 18.2 Å². The molecule has 2 saturated heterocycles. The molecule has 1 amide bonds. The molecule has 0 spiro atoms. The average molecular weight is 351 g/mol. The number of amides is 1. The first-order valence-corrected chi connectivity index (χ1v) is 9.47. The van der Waals surface area contributed by atoms with Crippen molar-refractivity contribution in [3.05, 3.63) is 48.4 Å². The molecule has 0 aliphatic carbocycles. The topological polar surface area (TPSA) is 52.6 Å². The lowest BCUT2D eigenvalue weighted by atomic mass is 10.1. The Morgan fingerprint density at radius 1 is 0.769 bits per heavy atom. The van der Waals surface area contributed by atoms with Crippen molar-refractivity contribution in [3.8, 4) is 0 Å². The summed E-state index contributed by atoms with van der Waals surface area (Å²) in [5.41, 5.74) is 1.72. The van der Waals surface area contributed by atoms with Crippen LogP contribution in [0, 0.1) is 0 Å². The van der Waals surface area contributed by atoms with E-state index in [9.17, 15) is 4.79 Å². The summed E-state index contributed by atoms with van der Waals surface area (Å²) < 4.78 is 0. The van der Waals surface area contributed by atoms with Gasteiger partial charge in [0.2, 0.25) is 0 Å². The summed E-state index contributed by atoms with van der Waals surface area (Å²) in [7, 11) is 0. The number of likely N-dealkylation sites (tertiary alicyclic amines) is 1. The summed E-state index contributed by atoms with van der Waals surface area (Å²) in [5.74, 6) is 0.866. The quantitative estimate of drug-likeness (QED) is 0.850. The molecule has 1 aromatic carbocycles. The number of piperidine rings is 1. The van der Waals surface area contributed by atoms with Gasteiger partial charge in [0.05, 0.1) is 12.4 Å². The van der Waals surface area contributed by atoms with E-state index in [4.69, 9.17) is 0 Å². The maximum Gasteiger partial charge on any atom is 0.274 e. The van der Waals surface area contributed by atoms with Gasteiger partial charge < -0.3 is 14.7 Å². The molecule has 0 saturated carbocycles. The van der Waals surface area contributed by atoms with Gasteiger partial charge in [-0.3, -0.25) is 4.79 Å². The van der Waals surface area contributed by atoms with E-state index < -0.39 is 0 Å². The number of carbonyl (C=O) groups excluding carboxylic acids is 1. The van der Waals surface area contributed by atoms with Gasteiger partial charge in [0.25, 0.3) is 5.91 Å². The molecular weight excluding hydrogens is 326 g/mol. The van der Waals surface area contributed by atoms with Gasteiger partial charge in [0.1, 0.15) is 11.5 Å².